The molecule has 10 nitrogen and oxygen atoms in total. The molecule has 0 aliphatic heterocycles. The van der Waals surface area contributed by atoms with Crippen LogP contribution in [0.3, 0.4) is 0 Å². The topological polar surface area (TPSA) is 115 Å². The van der Waals surface area contributed by atoms with E-state index in [9.17, 15) is 14.4 Å². The molecule has 0 radical (unpaired) electrons. The predicted octanol–water partition coefficient (Wildman–Crippen LogP) is 3.34. The molecule has 5 rings (SSSR count). The number of anilines is 2. The molecule has 0 unspecified atom stereocenters. The van der Waals surface area contributed by atoms with Crippen LogP contribution in [-0.4, -0.2) is 35.8 Å². The van der Waals surface area contributed by atoms with E-state index in [1.54, 1.807) is 72.8 Å². The first-order valence-electron chi connectivity index (χ1n) is 11.2. The van der Waals surface area contributed by atoms with Crippen molar-refractivity contribution in [2.45, 2.75) is 13.8 Å². The zero-order chi connectivity index (χ0) is 25.4. The Kier molecular flexibility index (Phi) is 5.69. The fourth-order valence-corrected chi connectivity index (χ4v) is 4.09. The number of hydrogen-bond acceptors (Lipinski definition) is 5. The SMILES string of the molecule is Cc1nn2cccnc2c1C(=O)Nc1cccc(C(=O)Nc2c(C)n(C)n(-c3ccccc3)c2=O)c1. The third kappa shape index (κ3) is 3.94. The Labute approximate surface area is 205 Å². The number of hydrogen-bond donors (Lipinski definition) is 2. The van der Waals surface area contributed by atoms with E-state index in [1.165, 1.54) is 4.68 Å². The molecule has 2 aromatic carbocycles. The van der Waals surface area contributed by atoms with Gasteiger partial charge >= 0.3 is 0 Å². The van der Waals surface area contributed by atoms with E-state index in [0.717, 1.165) is 0 Å². The maximum atomic E-state index is 13.1. The van der Waals surface area contributed by atoms with Crippen LogP contribution in [0.4, 0.5) is 11.4 Å². The fourth-order valence-electron chi connectivity index (χ4n) is 4.09. The average Bonchev–Trinajstić information content (AvgIpc) is 3.32. The summed E-state index contributed by atoms with van der Waals surface area (Å²) in [7, 11) is 1.76. The summed E-state index contributed by atoms with van der Waals surface area (Å²) in [6.45, 7) is 3.50. The molecule has 5 aromatic rings. The normalized spacial score (nSPS) is 11.0. The first-order valence-corrected chi connectivity index (χ1v) is 11.2. The van der Waals surface area contributed by atoms with Crippen molar-refractivity contribution in [3.05, 3.63) is 106 Å². The van der Waals surface area contributed by atoms with Crippen molar-refractivity contribution in [2.24, 2.45) is 7.05 Å². The number of aryl methyl sites for hydroxylation is 1. The van der Waals surface area contributed by atoms with Crippen LogP contribution in [0.1, 0.15) is 32.1 Å². The van der Waals surface area contributed by atoms with Gasteiger partial charge in [-0.1, -0.05) is 24.3 Å². The number of para-hydroxylation sites is 1. The second-order valence-corrected chi connectivity index (χ2v) is 8.27. The number of rotatable bonds is 5. The van der Waals surface area contributed by atoms with Crippen molar-refractivity contribution in [1.29, 1.82) is 0 Å². The Hall–Kier alpha value is -4.99. The standard InChI is InChI=1S/C26H23N7O3/c1-16-21(23-27-13-8-14-32(23)30-16)25(35)28-19-10-7-9-18(15-19)24(34)29-22-17(2)31(3)33(26(22)36)20-11-5-4-6-12-20/h4-15H,1-3H3,(H,28,35)(H,29,34). The summed E-state index contributed by atoms with van der Waals surface area (Å²) in [5.41, 5.74) is 3.19. The largest absolute Gasteiger partial charge is 0.322 e. The molecule has 0 fully saturated rings. The minimum Gasteiger partial charge on any atom is -0.322 e. The van der Waals surface area contributed by atoms with Gasteiger partial charge in [0.2, 0.25) is 0 Å². The molecule has 3 aromatic heterocycles. The van der Waals surface area contributed by atoms with Gasteiger partial charge in [-0.3, -0.25) is 19.1 Å². The third-order valence-electron chi connectivity index (χ3n) is 5.97. The van der Waals surface area contributed by atoms with Crippen LogP contribution in [0.25, 0.3) is 11.3 Å². The van der Waals surface area contributed by atoms with Crippen LogP contribution in [0, 0.1) is 13.8 Å². The number of carbonyl (C=O) groups excluding carboxylic acids is 2. The molecular weight excluding hydrogens is 458 g/mol. The lowest BCUT2D eigenvalue weighted by Gasteiger charge is -2.08. The number of nitrogens with zero attached hydrogens (tertiary/aromatic N) is 5. The van der Waals surface area contributed by atoms with Crippen LogP contribution < -0.4 is 16.2 Å². The summed E-state index contributed by atoms with van der Waals surface area (Å²) in [6.07, 6.45) is 3.31. The van der Waals surface area contributed by atoms with E-state index >= 15 is 0 Å². The van der Waals surface area contributed by atoms with E-state index in [4.69, 9.17) is 0 Å². The highest BCUT2D eigenvalue weighted by atomic mass is 16.2. The van der Waals surface area contributed by atoms with Gasteiger partial charge < -0.3 is 10.6 Å². The predicted molar refractivity (Wildman–Crippen MR) is 136 cm³/mol. The number of fused-ring (bicyclic) bond motifs is 1. The van der Waals surface area contributed by atoms with Gasteiger partial charge in [0.25, 0.3) is 17.4 Å². The van der Waals surface area contributed by atoms with Crippen molar-refractivity contribution in [2.75, 3.05) is 10.6 Å². The van der Waals surface area contributed by atoms with E-state index in [1.807, 2.05) is 30.3 Å². The second-order valence-electron chi connectivity index (χ2n) is 8.27. The van der Waals surface area contributed by atoms with Crippen molar-refractivity contribution in [3.63, 3.8) is 0 Å². The number of benzene rings is 2. The lowest BCUT2D eigenvalue weighted by atomic mass is 10.1. The van der Waals surface area contributed by atoms with Crippen molar-refractivity contribution in [1.82, 2.24) is 24.0 Å². The van der Waals surface area contributed by atoms with Crippen LogP contribution in [0.2, 0.25) is 0 Å². The maximum Gasteiger partial charge on any atom is 0.295 e. The lowest BCUT2D eigenvalue weighted by Crippen LogP contribution is -2.23. The number of nitrogens with one attached hydrogen (secondary N) is 2. The first-order chi connectivity index (χ1) is 17.3. The van der Waals surface area contributed by atoms with Gasteiger partial charge in [0.1, 0.15) is 11.3 Å². The summed E-state index contributed by atoms with van der Waals surface area (Å²) in [6, 6.07) is 17.4. The van der Waals surface area contributed by atoms with Crippen molar-refractivity contribution < 1.29 is 9.59 Å². The second kappa shape index (κ2) is 8.99. The fraction of sp³-hybridized carbons (Fsp3) is 0.115. The molecule has 0 saturated carbocycles. The average molecular weight is 482 g/mol. The van der Waals surface area contributed by atoms with Crippen molar-refractivity contribution in [3.8, 4) is 5.69 Å². The molecule has 0 saturated heterocycles. The van der Waals surface area contributed by atoms with Gasteiger partial charge in [0.05, 0.1) is 17.1 Å². The monoisotopic (exact) mass is 481 g/mol. The Morgan fingerprint density at radius 3 is 2.47 bits per heavy atom. The van der Waals surface area contributed by atoms with E-state index in [2.05, 4.69) is 20.7 Å². The molecule has 2 N–H and O–H groups in total. The summed E-state index contributed by atoms with van der Waals surface area (Å²) in [5, 5.41) is 9.86. The summed E-state index contributed by atoms with van der Waals surface area (Å²) in [5.74, 6) is -0.852. The lowest BCUT2D eigenvalue weighted by molar-refractivity contribution is 0.101. The molecule has 36 heavy (non-hydrogen) atoms. The van der Waals surface area contributed by atoms with Crippen LogP contribution in [0.15, 0.2) is 77.9 Å². The quantitative estimate of drug-likeness (QED) is 0.400. The molecule has 180 valence electrons. The van der Waals surface area contributed by atoms with E-state index in [-0.39, 0.29) is 22.7 Å². The van der Waals surface area contributed by atoms with Gasteiger partial charge in [0.15, 0.2) is 5.65 Å². The van der Waals surface area contributed by atoms with Crippen LogP contribution >= 0.6 is 0 Å². The maximum absolute atomic E-state index is 13.1. The first kappa shape index (κ1) is 22.8. The summed E-state index contributed by atoms with van der Waals surface area (Å²) < 4.78 is 4.73. The van der Waals surface area contributed by atoms with E-state index < -0.39 is 5.91 Å². The minimum absolute atomic E-state index is 0.189. The molecular formula is C26H23N7O3. The van der Waals surface area contributed by atoms with Gasteiger partial charge in [-0.2, -0.15) is 5.10 Å². The summed E-state index contributed by atoms with van der Waals surface area (Å²) >= 11 is 0. The van der Waals surface area contributed by atoms with E-state index in [0.29, 0.717) is 34.0 Å². The molecule has 0 bridgehead atoms. The third-order valence-corrected chi connectivity index (χ3v) is 5.97. The number of carbonyl (C=O) groups is 2. The molecule has 0 aliphatic rings. The highest BCUT2D eigenvalue weighted by molar-refractivity contribution is 6.10. The summed E-state index contributed by atoms with van der Waals surface area (Å²) in [4.78, 5) is 43.4. The molecule has 0 aliphatic carbocycles. The van der Waals surface area contributed by atoms with Gasteiger partial charge in [-0.15, -0.1) is 0 Å². The highest BCUT2D eigenvalue weighted by Crippen LogP contribution is 2.19. The Balaban J connectivity index is 1.40. The molecule has 2 amide bonds. The Morgan fingerprint density at radius 2 is 1.69 bits per heavy atom. The van der Waals surface area contributed by atoms with Gasteiger partial charge in [-0.25, -0.2) is 14.2 Å². The number of amides is 2. The molecule has 10 heteroatoms. The Bertz CT molecular complexity index is 1680. The Morgan fingerprint density at radius 1 is 0.917 bits per heavy atom. The highest BCUT2D eigenvalue weighted by Gasteiger charge is 2.21. The van der Waals surface area contributed by atoms with Crippen molar-refractivity contribution >= 4 is 28.8 Å². The van der Waals surface area contributed by atoms with Gasteiger partial charge in [0, 0.05) is 30.7 Å². The minimum atomic E-state index is -0.467. The van der Waals surface area contributed by atoms with Crippen LogP contribution in [-0.2, 0) is 7.05 Å². The smallest absolute Gasteiger partial charge is 0.295 e. The van der Waals surface area contributed by atoms with Gasteiger partial charge in [-0.05, 0) is 50.2 Å². The van der Waals surface area contributed by atoms with Crippen LogP contribution in [0.5, 0.6) is 0 Å². The molecule has 0 spiro atoms. The zero-order valence-corrected chi connectivity index (χ0v) is 19.9. The molecule has 3 heterocycles. The molecule has 0 atom stereocenters. The zero-order valence-electron chi connectivity index (χ0n) is 19.9. The number of aromatic nitrogens is 5.